The Morgan fingerprint density at radius 2 is 1.09 bits per heavy atom. The third kappa shape index (κ3) is 10.1. The van der Waals surface area contributed by atoms with Gasteiger partial charge in [-0.25, -0.2) is 4.79 Å². The molecule has 44 heavy (non-hydrogen) atoms. The zero-order valence-corrected chi connectivity index (χ0v) is 26.4. The monoisotopic (exact) mass is 595 g/mol. The highest BCUT2D eigenvalue weighted by molar-refractivity contribution is 5.86. The molecule has 3 aromatic carbocycles. The number of aromatic nitrogens is 2. The van der Waals surface area contributed by atoms with Crippen LogP contribution in [0.4, 0.5) is 5.69 Å². The number of anilines is 1. The van der Waals surface area contributed by atoms with Gasteiger partial charge in [-0.05, 0) is 79.4 Å². The van der Waals surface area contributed by atoms with E-state index in [4.69, 9.17) is 13.9 Å². The third-order valence-electron chi connectivity index (χ3n) is 7.51. The molecule has 232 valence electrons. The van der Waals surface area contributed by atoms with Crippen molar-refractivity contribution in [2.45, 2.75) is 64.7 Å². The smallest absolute Gasteiger partial charge is 0.333 e. The summed E-state index contributed by atoms with van der Waals surface area (Å²) in [5, 5.41) is 8.50. The van der Waals surface area contributed by atoms with Crippen LogP contribution in [0.1, 0.15) is 64.7 Å². The molecule has 0 aliphatic heterocycles. The molecule has 0 amide bonds. The SMILES string of the molecule is C=C(C)C(=O)OCCCCCCCCCCCOc1ccc(-c2ccc(-c3nnc(-c4ccc(N(C)C)cc4)o3)cc2)cc1. The molecule has 4 rings (SSSR count). The molecule has 1 heterocycles. The molecule has 0 saturated heterocycles. The van der Waals surface area contributed by atoms with Crippen LogP contribution in [0.15, 0.2) is 89.4 Å². The molecule has 0 aliphatic rings. The number of esters is 1. The van der Waals surface area contributed by atoms with E-state index < -0.39 is 0 Å². The summed E-state index contributed by atoms with van der Waals surface area (Å²) in [4.78, 5) is 13.4. The number of unbranched alkanes of at least 4 members (excludes halogenated alkanes) is 8. The van der Waals surface area contributed by atoms with Crippen LogP contribution >= 0.6 is 0 Å². The summed E-state index contributed by atoms with van der Waals surface area (Å²) in [6, 6.07) is 24.5. The maximum absolute atomic E-state index is 11.3. The molecule has 0 saturated carbocycles. The van der Waals surface area contributed by atoms with Crippen LogP contribution < -0.4 is 9.64 Å². The van der Waals surface area contributed by atoms with E-state index in [2.05, 4.69) is 45.9 Å². The van der Waals surface area contributed by atoms with Crippen molar-refractivity contribution < 1.29 is 18.7 Å². The van der Waals surface area contributed by atoms with E-state index in [1.807, 2.05) is 62.6 Å². The molecular weight excluding hydrogens is 550 g/mol. The highest BCUT2D eigenvalue weighted by atomic mass is 16.5. The third-order valence-corrected chi connectivity index (χ3v) is 7.51. The van der Waals surface area contributed by atoms with Gasteiger partial charge < -0.3 is 18.8 Å². The highest BCUT2D eigenvalue weighted by Gasteiger charge is 2.11. The van der Waals surface area contributed by atoms with Crippen LogP contribution in [0.2, 0.25) is 0 Å². The maximum Gasteiger partial charge on any atom is 0.333 e. The molecule has 7 nitrogen and oxygen atoms in total. The van der Waals surface area contributed by atoms with Crippen LogP contribution in [-0.4, -0.2) is 43.5 Å². The van der Waals surface area contributed by atoms with E-state index in [-0.39, 0.29) is 5.97 Å². The van der Waals surface area contributed by atoms with Gasteiger partial charge in [0.15, 0.2) is 0 Å². The van der Waals surface area contributed by atoms with Crippen LogP contribution in [0.25, 0.3) is 34.0 Å². The Balaban J connectivity index is 1.10. The maximum atomic E-state index is 11.3. The van der Waals surface area contributed by atoms with Gasteiger partial charge in [-0.1, -0.05) is 75.8 Å². The molecule has 1 aromatic heterocycles. The van der Waals surface area contributed by atoms with Crippen LogP contribution in [0.5, 0.6) is 5.75 Å². The molecule has 0 fully saturated rings. The molecule has 0 bridgehead atoms. The average molecular weight is 596 g/mol. The van der Waals surface area contributed by atoms with Crippen molar-refractivity contribution in [3.8, 4) is 39.8 Å². The number of benzene rings is 3. The topological polar surface area (TPSA) is 77.7 Å². The molecule has 0 radical (unpaired) electrons. The number of nitrogens with zero attached hydrogens (tertiary/aromatic N) is 3. The summed E-state index contributed by atoms with van der Waals surface area (Å²) in [7, 11) is 4.03. The molecule has 0 unspecified atom stereocenters. The first-order valence-corrected chi connectivity index (χ1v) is 15.7. The van der Waals surface area contributed by atoms with Crippen LogP contribution in [0, 0.1) is 0 Å². The van der Waals surface area contributed by atoms with Gasteiger partial charge in [-0.2, -0.15) is 0 Å². The summed E-state index contributed by atoms with van der Waals surface area (Å²) in [6.45, 7) is 6.51. The quantitative estimate of drug-likeness (QED) is 0.0645. The highest BCUT2D eigenvalue weighted by Crippen LogP contribution is 2.28. The van der Waals surface area contributed by atoms with E-state index in [1.165, 1.54) is 38.5 Å². The fraction of sp³-hybridized carbons (Fsp3) is 0.378. The van der Waals surface area contributed by atoms with Crippen molar-refractivity contribution in [1.82, 2.24) is 10.2 Å². The summed E-state index contributed by atoms with van der Waals surface area (Å²) < 4.78 is 17.1. The predicted octanol–water partition coefficient (Wildman–Crippen LogP) is 9.15. The zero-order valence-electron chi connectivity index (χ0n) is 26.4. The van der Waals surface area contributed by atoms with Gasteiger partial charge in [0, 0.05) is 36.5 Å². The lowest BCUT2D eigenvalue weighted by atomic mass is 10.0. The molecular formula is C37H45N3O4. The van der Waals surface area contributed by atoms with E-state index in [0.717, 1.165) is 59.6 Å². The Hall–Kier alpha value is -4.39. The number of hydrogen-bond acceptors (Lipinski definition) is 7. The van der Waals surface area contributed by atoms with E-state index in [0.29, 0.717) is 24.0 Å². The van der Waals surface area contributed by atoms with Crippen molar-refractivity contribution >= 4 is 11.7 Å². The van der Waals surface area contributed by atoms with Gasteiger partial charge in [-0.15, -0.1) is 10.2 Å². The first-order valence-electron chi connectivity index (χ1n) is 15.7. The van der Waals surface area contributed by atoms with Crippen molar-refractivity contribution in [1.29, 1.82) is 0 Å². The number of hydrogen-bond donors (Lipinski definition) is 0. The normalized spacial score (nSPS) is 10.9. The van der Waals surface area contributed by atoms with Crippen LogP contribution in [-0.2, 0) is 9.53 Å². The second-order valence-corrected chi connectivity index (χ2v) is 11.4. The second kappa shape index (κ2) is 17.0. The Bertz CT molecular complexity index is 1440. The van der Waals surface area contributed by atoms with Gasteiger partial charge >= 0.3 is 5.97 Å². The second-order valence-electron chi connectivity index (χ2n) is 11.4. The van der Waals surface area contributed by atoms with E-state index in [9.17, 15) is 4.79 Å². The molecule has 7 heteroatoms. The minimum Gasteiger partial charge on any atom is -0.494 e. The van der Waals surface area contributed by atoms with Crippen molar-refractivity contribution in [3.63, 3.8) is 0 Å². The van der Waals surface area contributed by atoms with Gasteiger partial charge in [-0.3, -0.25) is 0 Å². The Labute approximate surface area is 261 Å². The standard InChI is InChI=1S/C37H45N3O4/c1-28(2)37(41)43-27-13-11-9-7-5-6-8-10-12-26-42-34-24-20-30(21-25-34)29-14-16-31(17-15-29)35-38-39-36(44-35)32-18-22-33(23-19-32)40(3)4/h14-25H,1,5-13,26-27H2,2-4H3. The van der Waals surface area contributed by atoms with Crippen molar-refractivity contribution in [2.75, 3.05) is 32.2 Å². The lowest BCUT2D eigenvalue weighted by Gasteiger charge is -2.11. The molecule has 0 spiro atoms. The number of carbonyl (C=O) groups is 1. The first-order chi connectivity index (χ1) is 21.4. The van der Waals surface area contributed by atoms with Gasteiger partial charge in [0.2, 0.25) is 11.8 Å². The fourth-order valence-corrected chi connectivity index (χ4v) is 4.83. The molecule has 0 aliphatic carbocycles. The average Bonchev–Trinajstić information content (AvgIpc) is 3.54. The van der Waals surface area contributed by atoms with E-state index >= 15 is 0 Å². The first kappa shape index (κ1) is 32.5. The molecule has 0 N–H and O–H groups in total. The summed E-state index contributed by atoms with van der Waals surface area (Å²) in [6.07, 6.45) is 10.5. The van der Waals surface area contributed by atoms with Gasteiger partial charge in [0.1, 0.15) is 5.75 Å². The predicted molar refractivity (Wildman–Crippen MR) is 178 cm³/mol. The summed E-state index contributed by atoms with van der Waals surface area (Å²) in [5.41, 5.74) is 5.61. The number of carbonyl (C=O) groups excluding carboxylic acids is 1. The zero-order chi connectivity index (χ0) is 31.1. The van der Waals surface area contributed by atoms with E-state index in [1.54, 1.807) is 6.92 Å². The Kier molecular flexibility index (Phi) is 12.6. The molecule has 0 atom stereocenters. The van der Waals surface area contributed by atoms with Crippen LogP contribution in [0.3, 0.4) is 0 Å². The summed E-state index contributed by atoms with van der Waals surface area (Å²) >= 11 is 0. The number of rotatable bonds is 18. The van der Waals surface area contributed by atoms with Gasteiger partial charge in [0.05, 0.1) is 13.2 Å². The lowest BCUT2D eigenvalue weighted by Crippen LogP contribution is -2.07. The van der Waals surface area contributed by atoms with Crippen molar-refractivity contribution in [3.05, 3.63) is 84.9 Å². The fourth-order valence-electron chi connectivity index (χ4n) is 4.83. The largest absolute Gasteiger partial charge is 0.494 e. The minimum atomic E-state index is -0.285. The molecule has 4 aromatic rings. The summed E-state index contributed by atoms with van der Waals surface area (Å²) in [5.74, 6) is 1.63. The van der Waals surface area contributed by atoms with Gasteiger partial charge in [0.25, 0.3) is 0 Å². The Morgan fingerprint density at radius 1 is 0.659 bits per heavy atom. The minimum absolute atomic E-state index is 0.285. The lowest BCUT2D eigenvalue weighted by molar-refractivity contribution is -0.139. The Morgan fingerprint density at radius 3 is 1.59 bits per heavy atom. The number of ether oxygens (including phenoxy) is 2. The van der Waals surface area contributed by atoms with Crippen molar-refractivity contribution in [2.24, 2.45) is 0 Å².